The predicted octanol–water partition coefficient (Wildman–Crippen LogP) is 3.67. The number of rotatable bonds is 6. The van der Waals surface area contributed by atoms with E-state index in [-0.39, 0.29) is 5.69 Å². The Kier molecular flexibility index (Phi) is 4.51. The third-order valence-corrected chi connectivity index (χ3v) is 3.61. The molecule has 24 heavy (non-hydrogen) atoms. The number of hydrogen-bond acceptors (Lipinski definition) is 6. The number of nitrogens with zero attached hydrogens (tertiary/aromatic N) is 4. The molecule has 3 rings (SSSR count). The lowest BCUT2D eigenvalue weighted by molar-refractivity contribution is -0.384. The van der Waals surface area contributed by atoms with Crippen LogP contribution in [0.3, 0.4) is 0 Å². The van der Waals surface area contributed by atoms with Crippen LogP contribution in [0.1, 0.15) is 12.8 Å². The molecular weight excluding hydrogens is 308 g/mol. The Labute approximate surface area is 138 Å². The summed E-state index contributed by atoms with van der Waals surface area (Å²) in [5.74, 6) is 0.806. The van der Waals surface area contributed by atoms with Gasteiger partial charge in [-0.2, -0.15) is 4.98 Å². The van der Waals surface area contributed by atoms with E-state index in [9.17, 15) is 10.1 Å². The Bertz CT molecular complexity index is 833. The van der Waals surface area contributed by atoms with Crippen LogP contribution in [0.4, 0.5) is 11.4 Å². The highest BCUT2D eigenvalue weighted by Crippen LogP contribution is 2.22. The van der Waals surface area contributed by atoms with E-state index in [2.05, 4.69) is 15.0 Å². The van der Waals surface area contributed by atoms with Crippen molar-refractivity contribution in [2.45, 2.75) is 13.5 Å². The van der Waals surface area contributed by atoms with Crippen molar-refractivity contribution in [1.82, 2.24) is 10.1 Å². The molecule has 0 atom stereocenters. The molecule has 0 amide bonds. The van der Waals surface area contributed by atoms with Crippen LogP contribution in [-0.2, 0) is 6.54 Å². The van der Waals surface area contributed by atoms with Gasteiger partial charge >= 0.3 is 0 Å². The van der Waals surface area contributed by atoms with Crippen molar-refractivity contribution in [2.75, 3.05) is 11.4 Å². The van der Waals surface area contributed by atoms with E-state index in [0.717, 1.165) is 12.2 Å². The zero-order valence-corrected chi connectivity index (χ0v) is 13.1. The molecule has 3 aromatic rings. The number of nitro groups is 1. The maximum absolute atomic E-state index is 10.9. The summed E-state index contributed by atoms with van der Waals surface area (Å²) in [5, 5.41) is 14.8. The van der Waals surface area contributed by atoms with E-state index in [4.69, 9.17) is 4.52 Å². The molecule has 1 aromatic heterocycles. The summed E-state index contributed by atoms with van der Waals surface area (Å²) in [6.07, 6.45) is 0. The molecule has 7 heteroatoms. The van der Waals surface area contributed by atoms with Crippen LogP contribution in [0.5, 0.6) is 0 Å². The Balaban J connectivity index is 1.80. The van der Waals surface area contributed by atoms with Gasteiger partial charge in [0.2, 0.25) is 11.7 Å². The summed E-state index contributed by atoms with van der Waals surface area (Å²) in [5.41, 5.74) is 1.62. The maximum Gasteiger partial charge on any atom is 0.270 e. The normalized spacial score (nSPS) is 10.5. The minimum atomic E-state index is -0.446. The third kappa shape index (κ3) is 3.40. The van der Waals surface area contributed by atoms with Crippen molar-refractivity contribution in [1.29, 1.82) is 0 Å². The molecule has 0 aliphatic heterocycles. The molecule has 0 bridgehead atoms. The fourth-order valence-electron chi connectivity index (χ4n) is 2.38. The lowest BCUT2D eigenvalue weighted by Crippen LogP contribution is -2.22. The van der Waals surface area contributed by atoms with Crippen LogP contribution in [-0.4, -0.2) is 21.6 Å². The van der Waals surface area contributed by atoms with Crippen LogP contribution >= 0.6 is 0 Å². The smallest absolute Gasteiger partial charge is 0.270 e. The van der Waals surface area contributed by atoms with Crippen molar-refractivity contribution in [2.24, 2.45) is 0 Å². The molecule has 0 unspecified atom stereocenters. The fraction of sp³-hybridized carbons (Fsp3) is 0.176. The fourth-order valence-corrected chi connectivity index (χ4v) is 2.38. The van der Waals surface area contributed by atoms with E-state index in [1.165, 1.54) is 12.1 Å². The summed E-state index contributed by atoms with van der Waals surface area (Å²) >= 11 is 0. The summed E-state index contributed by atoms with van der Waals surface area (Å²) in [6, 6.07) is 16.1. The second-order valence-corrected chi connectivity index (χ2v) is 5.17. The summed E-state index contributed by atoms with van der Waals surface area (Å²) in [4.78, 5) is 16.9. The third-order valence-electron chi connectivity index (χ3n) is 3.61. The van der Waals surface area contributed by atoms with Crippen molar-refractivity contribution in [3.63, 3.8) is 0 Å². The topological polar surface area (TPSA) is 85.3 Å². The van der Waals surface area contributed by atoms with E-state index in [0.29, 0.717) is 23.8 Å². The molecule has 0 aliphatic carbocycles. The van der Waals surface area contributed by atoms with Gasteiger partial charge in [0.1, 0.15) is 0 Å². The molecule has 0 aliphatic rings. The van der Waals surface area contributed by atoms with Crippen LogP contribution < -0.4 is 4.90 Å². The first-order chi connectivity index (χ1) is 11.7. The molecule has 0 spiro atoms. The van der Waals surface area contributed by atoms with Gasteiger partial charge in [-0.3, -0.25) is 10.1 Å². The Morgan fingerprint density at radius 3 is 2.67 bits per heavy atom. The molecule has 0 radical (unpaired) electrons. The van der Waals surface area contributed by atoms with Gasteiger partial charge in [0.05, 0.1) is 11.5 Å². The monoisotopic (exact) mass is 324 g/mol. The number of benzene rings is 2. The van der Waals surface area contributed by atoms with Crippen LogP contribution in [0.15, 0.2) is 59.1 Å². The SMILES string of the molecule is CCN(Cc1nc(-c2cccc([N+](=O)[O-])c2)no1)c1ccccc1. The van der Waals surface area contributed by atoms with Crippen molar-refractivity contribution >= 4 is 11.4 Å². The van der Waals surface area contributed by atoms with Gasteiger partial charge in [0, 0.05) is 29.9 Å². The lowest BCUT2D eigenvalue weighted by atomic mass is 10.2. The van der Waals surface area contributed by atoms with Crippen LogP contribution in [0.25, 0.3) is 11.4 Å². The van der Waals surface area contributed by atoms with Gasteiger partial charge in [0.15, 0.2) is 0 Å². The van der Waals surface area contributed by atoms with Gasteiger partial charge in [-0.05, 0) is 19.1 Å². The van der Waals surface area contributed by atoms with Gasteiger partial charge in [-0.25, -0.2) is 0 Å². The number of non-ortho nitro benzene ring substituents is 1. The van der Waals surface area contributed by atoms with Gasteiger partial charge in [-0.15, -0.1) is 0 Å². The zero-order chi connectivity index (χ0) is 16.9. The molecule has 0 saturated heterocycles. The van der Waals surface area contributed by atoms with Crippen molar-refractivity contribution in [3.05, 3.63) is 70.6 Å². The highest BCUT2D eigenvalue weighted by molar-refractivity contribution is 5.58. The number of para-hydroxylation sites is 1. The Morgan fingerprint density at radius 1 is 1.17 bits per heavy atom. The van der Waals surface area contributed by atoms with E-state index in [1.807, 2.05) is 37.3 Å². The molecular formula is C17H16N4O3. The van der Waals surface area contributed by atoms with Gasteiger partial charge in [0.25, 0.3) is 5.69 Å². The van der Waals surface area contributed by atoms with Gasteiger partial charge in [-0.1, -0.05) is 35.5 Å². The first kappa shape index (κ1) is 15.7. The highest BCUT2D eigenvalue weighted by atomic mass is 16.6. The summed E-state index contributed by atoms with van der Waals surface area (Å²) in [7, 11) is 0. The Morgan fingerprint density at radius 2 is 1.96 bits per heavy atom. The standard InChI is InChI=1S/C17H16N4O3/c1-2-20(14-8-4-3-5-9-14)12-16-18-17(19-24-16)13-7-6-10-15(11-13)21(22)23/h3-11H,2,12H2,1H3. The number of anilines is 1. The quantitative estimate of drug-likeness (QED) is 0.508. The number of hydrogen-bond donors (Lipinski definition) is 0. The highest BCUT2D eigenvalue weighted by Gasteiger charge is 2.14. The first-order valence-electron chi connectivity index (χ1n) is 7.55. The number of aromatic nitrogens is 2. The molecule has 1 heterocycles. The molecule has 0 fully saturated rings. The lowest BCUT2D eigenvalue weighted by Gasteiger charge is -2.20. The van der Waals surface area contributed by atoms with Crippen molar-refractivity contribution < 1.29 is 9.45 Å². The second-order valence-electron chi connectivity index (χ2n) is 5.17. The molecule has 0 saturated carbocycles. The molecule has 0 N–H and O–H groups in total. The minimum absolute atomic E-state index is 0.00156. The second kappa shape index (κ2) is 6.91. The van der Waals surface area contributed by atoms with Crippen LogP contribution in [0.2, 0.25) is 0 Å². The predicted molar refractivity (Wildman–Crippen MR) is 89.6 cm³/mol. The summed E-state index contributed by atoms with van der Waals surface area (Å²) in [6.45, 7) is 3.31. The van der Waals surface area contributed by atoms with E-state index < -0.39 is 4.92 Å². The van der Waals surface area contributed by atoms with E-state index in [1.54, 1.807) is 12.1 Å². The molecule has 2 aromatic carbocycles. The molecule has 122 valence electrons. The van der Waals surface area contributed by atoms with Gasteiger partial charge < -0.3 is 9.42 Å². The molecule has 7 nitrogen and oxygen atoms in total. The number of nitro benzene ring substituents is 1. The average Bonchev–Trinajstić information content (AvgIpc) is 3.09. The zero-order valence-electron chi connectivity index (χ0n) is 13.1. The summed E-state index contributed by atoms with van der Waals surface area (Å²) < 4.78 is 5.30. The minimum Gasteiger partial charge on any atom is -0.362 e. The largest absolute Gasteiger partial charge is 0.362 e. The maximum atomic E-state index is 10.9. The average molecular weight is 324 g/mol. The van der Waals surface area contributed by atoms with E-state index >= 15 is 0 Å². The van der Waals surface area contributed by atoms with Crippen molar-refractivity contribution in [3.8, 4) is 11.4 Å². The van der Waals surface area contributed by atoms with Crippen LogP contribution in [0, 0.1) is 10.1 Å². The first-order valence-corrected chi connectivity index (χ1v) is 7.55. The Hall–Kier alpha value is -3.22.